The van der Waals surface area contributed by atoms with Crippen LogP contribution in [-0.2, 0) is 32.9 Å². The fourth-order valence-electron chi connectivity index (χ4n) is 4.34. The van der Waals surface area contributed by atoms with Crippen molar-refractivity contribution >= 4 is 21.7 Å². The second-order valence-corrected chi connectivity index (χ2v) is 10.4. The number of hydrogen-bond donors (Lipinski definition) is 1. The molecule has 29 heavy (non-hydrogen) atoms. The summed E-state index contributed by atoms with van der Waals surface area (Å²) in [6.45, 7) is 5.95. The maximum Gasteiger partial charge on any atom is 0.300 e. The summed E-state index contributed by atoms with van der Waals surface area (Å²) in [6, 6.07) is 0.00983. The molecule has 1 amide bonds. The second-order valence-electron chi connectivity index (χ2n) is 8.15. The number of sulfone groups is 1. The number of carbonyl (C=O) groups excluding carboxylic acids is 1. The van der Waals surface area contributed by atoms with Gasteiger partial charge in [0, 0.05) is 51.1 Å². The van der Waals surface area contributed by atoms with Gasteiger partial charge >= 0.3 is 0 Å². The van der Waals surface area contributed by atoms with Gasteiger partial charge in [-0.1, -0.05) is 0 Å². The number of fused-ring (bicyclic) bond motifs is 1. The van der Waals surface area contributed by atoms with E-state index in [2.05, 4.69) is 5.10 Å². The van der Waals surface area contributed by atoms with Crippen LogP contribution in [0.1, 0.15) is 30.3 Å². The molecule has 3 rings (SSSR count). The van der Waals surface area contributed by atoms with Gasteiger partial charge in [0.1, 0.15) is 0 Å². The van der Waals surface area contributed by atoms with Crippen molar-refractivity contribution in [2.75, 3.05) is 32.9 Å². The first-order valence-corrected chi connectivity index (χ1v) is 11.4. The Labute approximate surface area is 172 Å². The van der Waals surface area contributed by atoms with Gasteiger partial charge in [0.2, 0.25) is 5.91 Å². The van der Waals surface area contributed by atoms with E-state index >= 15 is 0 Å². The molecule has 2 fully saturated rings. The van der Waals surface area contributed by atoms with E-state index in [1.165, 1.54) is 0 Å². The largest absolute Gasteiger partial charge is 0.481 e. The Hall–Kier alpha value is -1.94. The second kappa shape index (κ2) is 8.83. The van der Waals surface area contributed by atoms with Crippen LogP contribution in [0, 0.1) is 19.8 Å². The van der Waals surface area contributed by atoms with E-state index in [1.807, 2.05) is 44.6 Å². The molecule has 2 saturated heterocycles. The van der Waals surface area contributed by atoms with Crippen LogP contribution in [0.15, 0.2) is 0 Å². The normalized spacial score (nSPS) is 24.9. The first kappa shape index (κ1) is 23.3. The lowest BCUT2D eigenvalue weighted by Crippen LogP contribution is -2.38. The Morgan fingerprint density at radius 1 is 1.24 bits per heavy atom. The summed E-state index contributed by atoms with van der Waals surface area (Å²) >= 11 is 0. The van der Waals surface area contributed by atoms with E-state index in [4.69, 9.17) is 9.90 Å². The summed E-state index contributed by atoms with van der Waals surface area (Å²) in [6.07, 6.45) is 1.06. The molecule has 3 atom stereocenters. The van der Waals surface area contributed by atoms with Crippen LogP contribution in [0.25, 0.3) is 0 Å². The van der Waals surface area contributed by atoms with Crippen molar-refractivity contribution in [1.82, 2.24) is 19.6 Å². The molecule has 0 bridgehead atoms. The lowest BCUT2D eigenvalue weighted by Gasteiger charge is -2.25. The predicted molar refractivity (Wildman–Crippen MR) is 109 cm³/mol. The van der Waals surface area contributed by atoms with Gasteiger partial charge in [0.05, 0.1) is 16.7 Å². The Morgan fingerprint density at radius 3 is 2.31 bits per heavy atom. The number of rotatable bonds is 4. The maximum absolute atomic E-state index is 12.7. The number of aliphatic carboxylic acids is 1. The number of carboxylic acids is 1. The number of nitrogens with zero attached hydrogens (tertiary/aromatic N) is 4. The Balaban J connectivity index is 0.000000687. The van der Waals surface area contributed by atoms with Gasteiger partial charge in [-0.15, -0.1) is 0 Å². The zero-order valence-electron chi connectivity index (χ0n) is 18.0. The van der Waals surface area contributed by atoms with E-state index < -0.39 is 21.1 Å². The van der Waals surface area contributed by atoms with Crippen molar-refractivity contribution < 1.29 is 23.1 Å². The van der Waals surface area contributed by atoms with Crippen molar-refractivity contribution in [2.24, 2.45) is 13.0 Å². The van der Waals surface area contributed by atoms with Gasteiger partial charge in [-0.25, -0.2) is 8.42 Å². The molecule has 2 aliphatic heterocycles. The van der Waals surface area contributed by atoms with Crippen LogP contribution < -0.4 is 0 Å². The molecule has 0 aromatic carbocycles. The standard InChI is InChI=1S/C17H28N4O3S.C2H4O2/c1-11-13(12(2)20(5)18-11)6-7-17(22)21-8-14-15(19(3)4)10-25(23,24)16(14)9-21;1-2(3)4/h14-16H,6-10H2,1-5H3;1H3,(H,3,4)/t14-,15+,16-;/m0./s1. The van der Waals surface area contributed by atoms with E-state index in [0.29, 0.717) is 25.9 Å². The minimum atomic E-state index is -3.11. The molecule has 9 nitrogen and oxygen atoms in total. The SMILES string of the molecule is CC(=O)O.Cc1nn(C)c(C)c1CCC(=O)N1C[C@H]2[C@H](N(C)C)CS(=O)(=O)[C@H]2C1. The molecule has 1 aromatic rings. The summed E-state index contributed by atoms with van der Waals surface area (Å²) in [7, 11) is 2.63. The Kier molecular flexibility index (Phi) is 7.10. The quantitative estimate of drug-likeness (QED) is 0.731. The molecule has 0 saturated carbocycles. The van der Waals surface area contributed by atoms with Crippen molar-refractivity contribution in [3.8, 4) is 0 Å². The highest BCUT2D eigenvalue weighted by atomic mass is 32.2. The predicted octanol–water partition coefficient (Wildman–Crippen LogP) is 0.246. The smallest absolute Gasteiger partial charge is 0.300 e. The van der Waals surface area contributed by atoms with E-state index in [1.54, 1.807) is 4.90 Å². The average molecular weight is 429 g/mol. The number of aryl methyl sites for hydroxylation is 2. The van der Waals surface area contributed by atoms with Crippen LogP contribution in [0.5, 0.6) is 0 Å². The molecule has 0 unspecified atom stereocenters. The van der Waals surface area contributed by atoms with Gasteiger partial charge in [0.15, 0.2) is 9.84 Å². The van der Waals surface area contributed by atoms with Crippen LogP contribution in [0.4, 0.5) is 0 Å². The zero-order valence-corrected chi connectivity index (χ0v) is 18.9. The number of aromatic nitrogens is 2. The first-order valence-electron chi connectivity index (χ1n) is 9.69. The lowest BCUT2D eigenvalue weighted by molar-refractivity contribution is -0.134. The molecule has 164 valence electrons. The highest BCUT2D eigenvalue weighted by Gasteiger charge is 2.53. The van der Waals surface area contributed by atoms with E-state index in [0.717, 1.165) is 23.9 Å². The lowest BCUT2D eigenvalue weighted by atomic mass is 10.00. The van der Waals surface area contributed by atoms with Crippen molar-refractivity contribution in [2.45, 2.75) is 44.9 Å². The molecule has 2 aliphatic rings. The Morgan fingerprint density at radius 2 is 1.83 bits per heavy atom. The highest BCUT2D eigenvalue weighted by molar-refractivity contribution is 7.92. The monoisotopic (exact) mass is 428 g/mol. The number of likely N-dealkylation sites (tertiary alicyclic amines) is 1. The van der Waals surface area contributed by atoms with E-state index in [-0.39, 0.29) is 23.6 Å². The summed E-state index contributed by atoms with van der Waals surface area (Å²) < 4.78 is 26.7. The van der Waals surface area contributed by atoms with E-state index in [9.17, 15) is 13.2 Å². The third kappa shape index (κ3) is 5.16. The summed E-state index contributed by atoms with van der Waals surface area (Å²) in [5.74, 6) is -0.540. The number of carbonyl (C=O) groups is 2. The molecule has 10 heteroatoms. The third-order valence-corrected chi connectivity index (χ3v) is 8.16. The summed E-state index contributed by atoms with van der Waals surface area (Å²) in [5.41, 5.74) is 3.16. The molecular weight excluding hydrogens is 396 g/mol. The van der Waals surface area contributed by atoms with Crippen LogP contribution in [0.3, 0.4) is 0 Å². The van der Waals surface area contributed by atoms with Gasteiger partial charge in [0.25, 0.3) is 5.97 Å². The highest BCUT2D eigenvalue weighted by Crippen LogP contribution is 2.36. The molecule has 0 spiro atoms. The number of amides is 1. The van der Waals surface area contributed by atoms with Gasteiger partial charge < -0.3 is 14.9 Å². The molecule has 3 heterocycles. The Bertz CT molecular complexity index is 873. The van der Waals surface area contributed by atoms with Crippen molar-refractivity contribution in [1.29, 1.82) is 0 Å². The molecule has 0 radical (unpaired) electrons. The molecule has 0 aliphatic carbocycles. The van der Waals surface area contributed by atoms with Crippen molar-refractivity contribution in [3.63, 3.8) is 0 Å². The molecular formula is C19H32N4O5S. The fourth-order valence-corrected chi connectivity index (χ4v) is 6.81. The topological polar surface area (TPSA) is 113 Å². The minimum absolute atomic E-state index is 0.00983. The number of hydrogen-bond acceptors (Lipinski definition) is 6. The van der Waals surface area contributed by atoms with Gasteiger partial charge in [-0.3, -0.25) is 14.3 Å². The molecule has 1 aromatic heterocycles. The van der Waals surface area contributed by atoms with Crippen LogP contribution >= 0.6 is 0 Å². The van der Waals surface area contributed by atoms with Crippen LogP contribution in [-0.4, -0.2) is 89.2 Å². The van der Waals surface area contributed by atoms with Crippen LogP contribution in [0.2, 0.25) is 0 Å². The van der Waals surface area contributed by atoms with Gasteiger partial charge in [-0.2, -0.15) is 5.10 Å². The van der Waals surface area contributed by atoms with Gasteiger partial charge in [-0.05, 0) is 39.9 Å². The van der Waals surface area contributed by atoms with Crippen molar-refractivity contribution in [3.05, 3.63) is 17.0 Å². The summed E-state index contributed by atoms with van der Waals surface area (Å²) in [5, 5.41) is 11.4. The third-order valence-electron chi connectivity index (χ3n) is 5.93. The first-order chi connectivity index (χ1) is 13.3. The summed E-state index contributed by atoms with van der Waals surface area (Å²) in [4.78, 5) is 25.4. The maximum atomic E-state index is 12.7. The zero-order chi connectivity index (χ0) is 22.1. The average Bonchev–Trinajstić information content (AvgIpc) is 3.20. The minimum Gasteiger partial charge on any atom is -0.481 e. The number of carboxylic acid groups (broad SMARTS) is 1. The fraction of sp³-hybridized carbons (Fsp3) is 0.737. The molecule has 1 N–H and O–H groups in total.